The number of pyridine rings is 1. The minimum atomic E-state index is 0.602. The summed E-state index contributed by atoms with van der Waals surface area (Å²) in [5.74, 6) is 1.54. The molecule has 0 aliphatic heterocycles. The molecular weight excluding hydrogens is 458 g/mol. The number of rotatable bonds is 5. The van der Waals surface area contributed by atoms with Crippen molar-refractivity contribution >= 4 is 21.8 Å². The quantitative estimate of drug-likeness (QED) is 0.257. The van der Waals surface area contributed by atoms with Crippen LogP contribution in [0.15, 0.2) is 103 Å². The highest BCUT2D eigenvalue weighted by Crippen LogP contribution is 2.41. The van der Waals surface area contributed by atoms with Crippen LogP contribution in [0, 0.1) is 11.3 Å². The number of hydrogen-bond donors (Lipinski definition) is 0. The predicted octanol–water partition coefficient (Wildman–Crippen LogP) is 7.40. The Morgan fingerprint density at radius 2 is 1.27 bits per heavy atom. The van der Waals surface area contributed by atoms with Crippen LogP contribution >= 0.6 is 0 Å². The largest absolute Gasteiger partial charge is 0.497 e. The molecule has 0 saturated heterocycles. The topological polar surface area (TPSA) is 60.1 Å². The summed E-state index contributed by atoms with van der Waals surface area (Å²) in [6.07, 6.45) is 3.49. The highest BCUT2D eigenvalue weighted by molar-refractivity contribution is 6.10. The molecule has 0 aliphatic rings. The molecule has 0 fully saturated rings. The van der Waals surface area contributed by atoms with Crippen LogP contribution in [0.1, 0.15) is 5.56 Å². The maximum absolute atomic E-state index is 10.1. The zero-order valence-corrected chi connectivity index (χ0v) is 20.5. The molecule has 2 heterocycles. The van der Waals surface area contributed by atoms with Crippen LogP contribution in [0.2, 0.25) is 0 Å². The first-order valence-corrected chi connectivity index (χ1v) is 11.9. The van der Waals surface area contributed by atoms with E-state index in [0.717, 1.165) is 61.2 Å². The van der Waals surface area contributed by atoms with Crippen molar-refractivity contribution in [2.75, 3.05) is 14.2 Å². The smallest absolute Gasteiger partial charge is 0.120 e. The van der Waals surface area contributed by atoms with Crippen molar-refractivity contribution in [1.82, 2.24) is 9.55 Å². The molecule has 0 spiro atoms. The third kappa shape index (κ3) is 3.76. The SMILES string of the molecule is COc1ccc2c3ccc(OC)cc3n(-c3cc(-c4ccncc4)c(C#N)cc3-c3ccccc3)c2c1. The molecule has 0 aliphatic carbocycles. The molecule has 6 rings (SSSR count). The van der Waals surface area contributed by atoms with Gasteiger partial charge < -0.3 is 14.0 Å². The Morgan fingerprint density at radius 1 is 0.676 bits per heavy atom. The molecule has 2 aromatic heterocycles. The molecule has 6 aromatic rings. The van der Waals surface area contributed by atoms with E-state index in [9.17, 15) is 5.26 Å². The molecule has 0 saturated carbocycles. The van der Waals surface area contributed by atoms with E-state index >= 15 is 0 Å². The van der Waals surface area contributed by atoms with Crippen molar-refractivity contribution in [3.05, 3.63) is 109 Å². The number of nitriles is 1. The summed E-state index contributed by atoms with van der Waals surface area (Å²) in [4.78, 5) is 4.17. The van der Waals surface area contributed by atoms with Crippen LogP contribution in [0.25, 0.3) is 49.7 Å². The van der Waals surface area contributed by atoms with E-state index < -0.39 is 0 Å². The van der Waals surface area contributed by atoms with Crippen LogP contribution in [-0.4, -0.2) is 23.8 Å². The molecule has 0 radical (unpaired) electrons. The zero-order valence-electron chi connectivity index (χ0n) is 20.5. The highest BCUT2D eigenvalue weighted by atomic mass is 16.5. The van der Waals surface area contributed by atoms with Crippen LogP contribution < -0.4 is 9.47 Å². The van der Waals surface area contributed by atoms with Gasteiger partial charge in [-0.05, 0) is 59.7 Å². The van der Waals surface area contributed by atoms with Crippen LogP contribution in [0.4, 0.5) is 0 Å². The maximum Gasteiger partial charge on any atom is 0.120 e. The number of nitrogens with zero attached hydrogens (tertiary/aromatic N) is 3. The van der Waals surface area contributed by atoms with Crippen molar-refractivity contribution in [3.63, 3.8) is 0 Å². The number of benzene rings is 4. The lowest BCUT2D eigenvalue weighted by Gasteiger charge is -2.18. The van der Waals surface area contributed by atoms with E-state index in [-0.39, 0.29) is 0 Å². The first-order valence-electron chi connectivity index (χ1n) is 11.9. The van der Waals surface area contributed by atoms with Crippen LogP contribution in [0.3, 0.4) is 0 Å². The number of methoxy groups -OCH3 is 2. The third-order valence-corrected chi connectivity index (χ3v) is 6.76. The molecule has 0 bridgehead atoms. The van der Waals surface area contributed by atoms with Gasteiger partial charge in [-0.25, -0.2) is 0 Å². The molecular formula is C32H23N3O2. The van der Waals surface area contributed by atoms with Crippen LogP contribution in [-0.2, 0) is 0 Å². The second kappa shape index (κ2) is 9.18. The van der Waals surface area contributed by atoms with E-state index in [0.29, 0.717) is 5.56 Å². The Morgan fingerprint density at radius 3 is 1.84 bits per heavy atom. The number of aromatic nitrogens is 2. The van der Waals surface area contributed by atoms with Gasteiger partial charge in [0.2, 0.25) is 0 Å². The number of fused-ring (bicyclic) bond motifs is 3. The Kier molecular flexibility index (Phi) is 5.55. The van der Waals surface area contributed by atoms with Gasteiger partial charge in [0.15, 0.2) is 0 Å². The highest BCUT2D eigenvalue weighted by Gasteiger charge is 2.20. The van der Waals surface area contributed by atoms with Gasteiger partial charge in [-0.1, -0.05) is 30.3 Å². The van der Waals surface area contributed by atoms with Crippen molar-refractivity contribution in [1.29, 1.82) is 5.26 Å². The van der Waals surface area contributed by atoms with Gasteiger partial charge >= 0.3 is 0 Å². The molecule has 0 amide bonds. The normalized spacial score (nSPS) is 10.9. The van der Waals surface area contributed by atoms with Crippen molar-refractivity contribution in [2.45, 2.75) is 0 Å². The fraction of sp³-hybridized carbons (Fsp3) is 0.0625. The summed E-state index contributed by atoms with van der Waals surface area (Å²) in [6, 6.07) is 32.8. The standard InChI is InChI=1S/C32H23N3O2/c1-36-24-8-10-26-27-11-9-25(37-2)18-31(27)35(30(26)17-24)32-19-28(22-12-14-34-15-13-22)23(20-33)16-29(32)21-6-4-3-5-7-21/h3-19H,1-2H3. The van der Waals surface area contributed by atoms with Crippen LogP contribution in [0.5, 0.6) is 11.5 Å². The summed E-state index contributed by atoms with van der Waals surface area (Å²) >= 11 is 0. The minimum Gasteiger partial charge on any atom is -0.497 e. The monoisotopic (exact) mass is 481 g/mol. The lowest BCUT2D eigenvalue weighted by atomic mass is 9.94. The first kappa shape index (κ1) is 22.4. The second-order valence-corrected chi connectivity index (χ2v) is 8.73. The zero-order chi connectivity index (χ0) is 25.4. The van der Waals surface area contributed by atoms with E-state index in [1.807, 2.05) is 48.5 Å². The lowest BCUT2D eigenvalue weighted by Crippen LogP contribution is -2.00. The summed E-state index contributed by atoms with van der Waals surface area (Å²) in [7, 11) is 3.35. The molecule has 37 heavy (non-hydrogen) atoms. The Balaban J connectivity index is 1.79. The van der Waals surface area contributed by atoms with E-state index in [2.05, 4.69) is 58.1 Å². The van der Waals surface area contributed by atoms with E-state index in [1.54, 1.807) is 26.6 Å². The number of ether oxygens (including phenoxy) is 2. The maximum atomic E-state index is 10.1. The van der Waals surface area contributed by atoms with Gasteiger partial charge in [0.25, 0.3) is 0 Å². The summed E-state index contributed by atoms with van der Waals surface area (Å²) in [6.45, 7) is 0. The Labute approximate surface area is 214 Å². The Hall–Kier alpha value is -5.08. The molecule has 0 N–H and O–H groups in total. The minimum absolute atomic E-state index is 0.602. The molecule has 0 atom stereocenters. The second-order valence-electron chi connectivity index (χ2n) is 8.73. The molecule has 178 valence electrons. The summed E-state index contributed by atoms with van der Waals surface area (Å²) in [5.41, 5.74) is 7.33. The van der Waals surface area contributed by atoms with Gasteiger partial charge in [-0.3, -0.25) is 4.98 Å². The Bertz CT molecular complexity index is 1740. The third-order valence-electron chi connectivity index (χ3n) is 6.76. The molecule has 0 unspecified atom stereocenters. The fourth-order valence-electron chi connectivity index (χ4n) is 4.98. The molecule has 5 heteroatoms. The average molecular weight is 482 g/mol. The average Bonchev–Trinajstić information content (AvgIpc) is 3.29. The van der Waals surface area contributed by atoms with Gasteiger partial charge in [-0.2, -0.15) is 5.26 Å². The van der Waals surface area contributed by atoms with E-state index in [4.69, 9.17) is 9.47 Å². The lowest BCUT2D eigenvalue weighted by molar-refractivity contribution is 0.415. The van der Waals surface area contributed by atoms with Crippen molar-refractivity contribution in [2.24, 2.45) is 0 Å². The first-order chi connectivity index (χ1) is 18.2. The van der Waals surface area contributed by atoms with E-state index in [1.165, 1.54) is 0 Å². The van der Waals surface area contributed by atoms with Crippen molar-refractivity contribution < 1.29 is 9.47 Å². The van der Waals surface area contributed by atoms with Crippen molar-refractivity contribution in [3.8, 4) is 45.5 Å². The molecule has 5 nitrogen and oxygen atoms in total. The van der Waals surface area contributed by atoms with Gasteiger partial charge in [0.1, 0.15) is 11.5 Å². The number of hydrogen-bond acceptors (Lipinski definition) is 4. The summed E-state index contributed by atoms with van der Waals surface area (Å²) in [5, 5.41) is 12.4. The molecule has 4 aromatic carbocycles. The van der Waals surface area contributed by atoms with Gasteiger partial charge in [-0.15, -0.1) is 0 Å². The van der Waals surface area contributed by atoms with Gasteiger partial charge in [0, 0.05) is 46.4 Å². The summed E-state index contributed by atoms with van der Waals surface area (Å²) < 4.78 is 13.5. The predicted molar refractivity (Wildman–Crippen MR) is 147 cm³/mol. The fourth-order valence-corrected chi connectivity index (χ4v) is 4.98. The van der Waals surface area contributed by atoms with Gasteiger partial charge in [0.05, 0.1) is 42.6 Å².